The molecule has 0 radical (unpaired) electrons. The van der Waals surface area contributed by atoms with E-state index < -0.39 is 0 Å². The monoisotopic (exact) mass is 331 g/mol. The van der Waals surface area contributed by atoms with E-state index in [9.17, 15) is 4.79 Å². The number of esters is 1. The Balaban J connectivity index is 1.66. The van der Waals surface area contributed by atoms with Gasteiger partial charge in [-0.2, -0.15) is 0 Å². The molecule has 1 fully saturated rings. The molecule has 0 saturated carbocycles. The molecule has 1 aliphatic heterocycles. The van der Waals surface area contributed by atoms with Gasteiger partial charge in [0.25, 0.3) is 0 Å². The number of carbonyl (C=O) groups is 1. The molecule has 0 bridgehead atoms. The van der Waals surface area contributed by atoms with Crippen molar-refractivity contribution in [3.05, 3.63) is 30.5 Å². The van der Waals surface area contributed by atoms with Gasteiger partial charge in [-0.1, -0.05) is 0 Å². The summed E-state index contributed by atoms with van der Waals surface area (Å²) >= 11 is 0. The zero-order valence-electron chi connectivity index (χ0n) is 13.6. The normalized spacial score (nSPS) is 15.3. The summed E-state index contributed by atoms with van der Waals surface area (Å²) in [6, 6.07) is 3.71. The fourth-order valence-electron chi connectivity index (χ4n) is 2.86. The third-order valence-electron chi connectivity index (χ3n) is 4.20. The van der Waals surface area contributed by atoms with Crippen LogP contribution in [0, 0.1) is 5.92 Å². The van der Waals surface area contributed by atoms with Gasteiger partial charge in [-0.15, -0.1) is 0 Å². The minimum absolute atomic E-state index is 0.0501. The Morgan fingerprint density at radius 3 is 2.92 bits per heavy atom. The van der Waals surface area contributed by atoms with E-state index in [0.717, 1.165) is 18.6 Å². The second-order valence-electron chi connectivity index (χ2n) is 5.68. The minimum Gasteiger partial charge on any atom is -0.469 e. The Labute approximate surface area is 140 Å². The molecule has 0 atom stereocenters. The Hall–Kier alpha value is -2.77. The number of nitrogen functional groups attached to an aromatic ring is 1. The largest absolute Gasteiger partial charge is 0.469 e. The van der Waals surface area contributed by atoms with E-state index in [1.54, 1.807) is 6.26 Å². The smallest absolute Gasteiger partial charge is 0.308 e. The first-order valence-corrected chi connectivity index (χ1v) is 7.88. The molecular weight excluding hydrogens is 310 g/mol. The van der Waals surface area contributed by atoms with E-state index >= 15 is 0 Å². The zero-order chi connectivity index (χ0) is 16.9. The van der Waals surface area contributed by atoms with E-state index in [-0.39, 0.29) is 11.9 Å². The molecule has 1 saturated heterocycles. The van der Waals surface area contributed by atoms with Crippen molar-refractivity contribution < 1.29 is 13.9 Å². The highest BCUT2D eigenvalue weighted by Crippen LogP contribution is 2.30. The van der Waals surface area contributed by atoms with Crippen molar-refractivity contribution in [2.45, 2.75) is 19.4 Å². The molecule has 2 aromatic rings. The lowest BCUT2D eigenvalue weighted by atomic mass is 9.97. The van der Waals surface area contributed by atoms with Gasteiger partial charge in [0.05, 0.1) is 25.8 Å². The number of anilines is 3. The molecule has 128 valence electrons. The number of nitrogens with one attached hydrogen (secondary N) is 1. The van der Waals surface area contributed by atoms with E-state index in [1.165, 1.54) is 13.4 Å². The van der Waals surface area contributed by atoms with Crippen LogP contribution in [0.15, 0.2) is 29.1 Å². The lowest BCUT2D eigenvalue weighted by Crippen LogP contribution is -2.37. The number of hydrogen-bond acceptors (Lipinski definition) is 8. The van der Waals surface area contributed by atoms with Crippen molar-refractivity contribution in [3.63, 3.8) is 0 Å². The van der Waals surface area contributed by atoms with E-state index in [0.29, 0.717) is 37.0 Å². The summed E-state index contributed by atoms with van der Waals surface area (Å²) < 4.78 is 10.1. The summed E-state index contributed by atoms with van der Waals surface area (Å²) in [4.78, 5) is 22.2. The summed E-state index contributed by atoms with van der Waals surface area (Å²) in [5.41, 5.74) is 6.72. The molecule has 3 N–H and O–H groups in total. The van der Waals surface area contributed by atoms with Crippen molar-refractivity contribution in [2.24, 2.45) is 5.92 Å². The van der Waals surface area contributed by atoms with Crippen LogP contribution in [0.25, 0.3) is 0 Å². The Kier molecular flexibility index (Phi) is 4.83. The number of nitrogens with zero attached hydrogens (tertiary/aromatic N) is 3. The molecule has 0 aliphatic carbocycles. The van der Waals surface area contributed by atoms with Crippen molar-refractivity contribution in [3.8, 4) is 0 Å². The summed E-state index contributed by atoms with van der Waals surface area (Å²) in [6.45, 7) is 1.91. The maximum Gasteiger partial charge on any atom is 0.308 e. The molecule has 24 heavy (non-hydrogen) atoms. The number of hydrogen-bond donors (Lipinski definition) is 2. The maximum atomic E-state index is 11.6. The summed E-state index contributed by atoms with van der Waals surface area (Å²) in [7, 11) is 1.42. The maximum absolute atomic E-state index is 11.6. The molecule has 3 rings (SSSR count). The van der Waals surface area contributed by atoms with Crippen LogP contribution in [0.4, 0.5) is 17.3 Å². The molecule has 1 aliphatic rings. The fraction of sp³-hybridized carbons (Fsp3) is 0.438. The highest BCUT2D eigenvalue weighted by Gasteiger charge is 2.27. The average Bonchev–Trinajstić information content (AvgIpc) is 3.14. The third-order valence-corrected chi connectivity index (χ3v) is 4.20. The first-order valence-electron chi connectivity index (χ1n) is 7.88. The predicted molar refractivity (Wildman–Crippen MR) is 89.4 cm³/mol. The van der Waals surface area contributed by atoms with Gasteiger partial charge in [-0.05, 0) is 25.0 Å². The minimum atomic E-state index is -0.147. The number of methoxy groups -OCH3 is 1. The van der Waals surface area contributed by atoms with Crippen molar-refractivity contribution >= 4 is 23.3 Å². The number of ether oxygens (including phenoxy) is 1. The van der Waals surface area contributed by atoms with Crippen molar-refractivity contribution in [1.82, 2.24) is 9.97 Å². The second kappa shape index (κ2) is 7.20. The van der Waals surface area contributed by atoms with Gasteiger partial charge in [0.1, 0.15) is 17.8 Å². The Morgan fingerprint density at radius 2 is 2.25 bits per heavy atom. The SMILES string of the molecule is COC(=O)C1CCN(c2ncnc(NCc3ccco3)c2N)CC1. The molecule has 0 aromatic carbocycles. The first kappa shape index (κ1) is 16.1. The van der Waals surface area contributed by atoms with Gasteiger partial charge in [-0.3, -0.25) is 4.79 Å². The van der Waals surface area contributed by atoms with Crippen molar-refractivity contribution in [1.29, 1.82) is 0 Å². The topological polar surface area (TPSA) is 107 Å². The van der Waals surface area contributed by atoms with Crippen LogP contribution in [0.5, 0.6) is 0 Å². The molecule has 2 aromatic heterocycles. The van der Waals surface area contributed by atoms with Gasteiger partial charge < -0.3 is 25.1 Å². The van der Waals surface area contributed by atoms with Crippen molar-refractivity contribution in [2.75, 3.05) is 36.1 Å². The van der Waals surface area contributed by atoms with Gasteiger partial charge in [0, 0.05) is 13.1 Å². The number of carbonyl (C=O) groups excluding carboxylic acids is 1. The Bertz CT molecular complexity index is 681. The van der Waals surface area contributed by atoms with E-state index in [2.05, 4.69) is 20.2 Å². The molecular formula is C16H21N5O3. The summed E-state index contributed by atoms with van der Waals surface area (Å²) in [6.07, 6.45) is 4.57. The molecule has 8 heteroatoms. The molecule has 0 amide bonds. The number of rotatable bonds is 5. The Morgan fingerprint density at radius 1 is 1.46 bits per heavy atom. The van der Waals surface area contributed by atoms with Gasteiger partial charge in [0.2, 0.25) is 0 Å². The van der Waals surface area contributed by atoms with Crippen LogP contribution in [0.2, 0.25) is 0 Å². The number of piperidine rings is 1. The van der Waals surface area contributed by atoms with Gasteiger partial charge in [0.15, 0.2) is 11.6 Å². The number of nitrogens with two attached hydrogens (primary N) is 1. The summed E-state index contributed by atoms with van der Waals surface area (Å²) in [5, 5.41) is 3.16. The number of furan rings is 1. The second-order valence-corrected chi connectivity index (χ2v) is 5.68. The molecule has 3 heterocycles. The summed E-state index contributed by atoms with van der Waals surface area (Å²) in [5.74, 6) is 1.87. The quantitative estimate of drug-likeness (QED) is 0.797. The average molecular weight is 331 g/mol. The highest BCUT2D eigenvalue weighted by molar-refractivity contribution is 5.76. The first-order chi connectivity index (χ1) is 11.7. The lowest BCUT2D eigenvalue weighted by Gasteiger charge is -2.32. The van der Waals surface area contributed by atoms with Crippen LogP contribution in [-0.4, -0.2) is 36.1 Å². The van der Waals surface area contributed by atoms with Crippen LogP contribution >= 0.6 is 0 Å². The fourth-order valence-corrected chi connectivity index (χ4v) is 2.86. The van der Waals surface area contributed by atoms with Crippen LogP contribution < -0.4 is 16.0 Å². The highest BCUT2D eigenvalue weighted by atomic mass is 16.5. The van der Waals surface area contributed by atoms with Crippen LogP contribution in [-0.2, 0) is 16.1 Å². The van der Waals surface area contributed by atoms with E-state index in [1.807, 2.05) is 12.1 Å². The van der Waals surface area contributed by atoms with Gasteiger partial charge in [-0.25, -0.2) is 9.97 Å². The molecule has 0 spiro atoms. The third kappa shape index (κ3) is 3.42. The standard InChI is InChI=1S/C16H21N5O3/c1-23-16(22)11-4-6-21(7-5-11)15-13(17)14(19-10-20-15)18-9-12-3-2-8-24-12/h2-3,8,10-11H,4-7,9,17H2,1H3,(H,18,19,20). The number of aromatic nitrogens is 2. The zero-order valence-corrected chi connectivity index (χ0v) is 13.6. The predicted octanol–water partition coefficient (Wildman–Crippen LogP) is 1.65. The lowest BCUT2D eigenvalue weighted by molar-refractivity contribution is -0.146. The van der Waals surface area contributed by atoms with Crippen LogP contribution in [0.3, 0.4) is 0 Å². The van der Waals surface area contributed by atoms with E-state index in [4.69, 9.17) is 14.9 Å². The molecule has 8 nitrogen and oxygen atoms in total. The van der Waals surface area contributed by atoms with Crippen LogP contribution in [0.1, 0.15) is 18.6 Å². The molecule has 0 unspecified atom stereocenters. The van der Waals surface area contributed by atoms with Gasteiger partial charge >= 0.3 is 5.97 Å².